The molecular weight excluding hydrogens is 425 g/mol. The van der Waals surface area contributed by atoms with Gasteiger partial charge in [0.25, 0.3) is 0 Å². The summed E-state index contributed by atoms with van der Waals surface area (Å²) in [5, 5.41) is 2.62. The van der Waals surface area contributed by atoms with Crippen molar-refractivity contribution >= 4 is 46.1 Å². The van der Waals surface area contributed by atoms with E-state index in [-0.39, 0.29) is 12.2 Å². The lowest BCUT2D eigenvalue weighted by Crippen LogP contribution is -2.27. The van der Waals surface area contributed by atoms with Gasteiger partial charge in [-0.3, -0.25) is 9.59 Å². The van der Waals surface area contributed by atoms with Gasteiger partial charge >= 0.3 is 11.9 Å². The highest BCUT2D eigenvalue weighted by atomic mass is 127. The van der Waals surface area contributed by atoms with Crippen LogP contribution in [0, 0.1) is 10.5 Å². The average Bonchev–Trinajstić information content (AvgIpc) is 2.39. The highest BCUT2D eigenvalue weighted by molar-refractivity contribution is 14.1. The number of carbonyl (C=O) groups excluding carboxylic acids is 3. The quantitative estimate of drug-likeness (QED) is 0.425. The number of benzene rings is 1. The van der Waals surface area contributed by atoms with Gasteiger partial charge in [-0.15, -0.1) is 0 Å². The summed E-state index contributed by atoms with van der Waals surface area (Å²) in [6, 6.07) is 3.46. The molecule has 0 aliphatic rings. The molecule has 0 aromatic heterocycles. The number of halogens is 1. The zero-order chi connectivity index (χ0) is 18.5. The van der Waals surface area contributed by atoms with E-state index in [1.807, 2.05) is 6.07 Å². The fourth-order valence-corrected chi connectivity index (χ4v) is 2.75. The lowest BCUT2D eigenvalue weighted by molar-refractivity contribution is -0.155. The molecule has 0 spiro atoms. The highest BCUT2D eigenvalue weighted by Crippen LogP contribution is 2.25. The minimum atomic E-state index is -0.660. The van der Waals surface area contributed by atoms with E-state index in [0.717, 1.165) is 3.57 Å². The van der Waals surface area contributed by atoms with Gasteiger partial charge < -0.3 is 14.8 Å². The fourth-order valence-electron chi connectivity index (χ4n) is 1.97. The molecule has 0 radical (unpaired) electrons. The summed E-state index contributed by atoms with van der Waals surface area (Å²) in [4.78, 5) is 35.9. The number of hydrogen-bond acceptors (Lipinski definition) is 5. The van der Waals surface area contributed by atoms with E-state index < -0.39 is 29.9 Å². The van der Waals surface area contributed by atoms with Crippen LogP contribution in [-0.4, -0.2) is 30.1 Å². The Kier molecular flexibility index (Phi) is 7.19. The topological polar surface area (TPSA) is 81.7 Å². The molecule has 0 fully saturated rings. The van der Waals surface area contributed by atoms with Crippen molar-refractivity contribution in [1.82, 2.24) is 0 Å². The van der Waals surface area contributed by atoms with Crippen molar-refractivity contribution in [3.8, 4) is 0 Å². The third-order valence-corrected chi connectivity index (χ3v) is 3.41. The largest absolute Gasteiger partial charge is 0.462 e. The minimum absolute atomic E-state index is 0.231. The van der Waals surface area contributed by atoms with Gasteiger partial charge in [-0.05, 0) is 74.9 Å². The van der Waals surface area contributed by atoms with E-state index in [1.54, 1.807) is 40.7 Å². The van der Waals surface area contributed by atoms with Crippen molar-refractivity contribution in [2.24, 2.45) is 0 Å². The summed E-state index contributed by atoms with van der Waals surface area (Å²) >= 11 is 2.08. The van der Waals surface area contributed by atoms with E-state index in [2.05, 4.69) is 27.9 Å². The number of ether oxygens (including phenoxy) is 2. The number of amides is 1. The van der Waals surface area contributed by atoms with Gasteiger partial charge in [0.05, 0.1) is 17.9 Å². The molecule has 1 rings (SSSR count). The summed E-state index contributed by atoms with van der Waals surface area (Å²) in [6.45, 7) is 8.89. The van der Waals surface area contributed by atoms with Crippen LogP contribution in [0.4, 0.5) is 5.69 Å². The number of aryl methyl sites for hydroxylation is 1. The first kappa shape index (κ1) is 20.4. The second-order valence-electron chi connectivity index (χ2n) is 6.18. The standard InChI is InChI=1S/C17H22INO5/c1-6-23-16(22)12-8-11(18)7-10(2)15(12)19-13(20)9-14(21)24-17(3,4)5/h7-8H,6,9H2,1-5H3,(H,19,20). The first-order valence-corrected chi connectivity index (χ1v) is 8.60. The number of carbonyl (C=O) groups is 3. The van der Waals surface area contributed by atoms with Crippen LogP contribution >= 0.6 is 22.6 Å². The van der Waals surface area contributed by atoms with Crippen molar-refractivity contribution in [2.45, 2.75) is 46.6 Å². The Labute approximate surface area is 155 Å². The highest BCUT2D eigenvalue weighted by Gasteiger charge is 2.22. The second kappa shape index (κ2) is 8.46. The van der Waals surface area contributed by atoms with Crippen LogP contribution in [0.15, 0.2) is 12.1 Å². The van der Waals surface area contributed by atoms with Crippen LogP contribution in [0.3, 0.4) is 0 Å². The Bertz CT molecular complexity index is 649. The molecule has 0 aliphatic carbocycles. The maximum atomic E-state index is 12.1. The van der Waals surface area contributed by atoms with Crippen LogP contribution in [-0.2, 0) is 19.1 Å². The van der Waals surface area contributed by atoms with Crippen molar-refractivity contribution in [2.75, 3.05) is 11.9 Å². The van der Waals surface area contributed by atoms with Crippen LogP contribution < -0.4 is 5.32 Å². The lowest BCUT2D eigenvalue weighted by Gasteiger charge is -2.19. The molecule has 1 aromatic carbocycles. The SMILES string of the molecule is CCOC(=O)c1cc(I)cc(C)c1NC(=O)CC(=O)OC(C)(C)C. The second-order valence-corrected chi connectivity index (χ2v) is 7.42. The van der Waals surface area contributed by atoms with E-state index in [4.69, 9.17) is 9.47 Å². The van der Waals surface area contributed by atoms with Crippen LogP contribution in [0.2, 0.25) is 0 Å². The van der Waals surface area contributed by atoms with E-state index >= 15 is 0 Å². The van der Waals surface area contributed by atoms with Gasteiger partial charge in [-0.1, -0.05) is 0 Å². The Morgan fingerprint density at radius 2 is 1.83 bits per heavy atom. The van der Waals surface area contributed by atoms with E-state index in [9.17, 15) is 14.4 Å². The zero-order valence-electron chi connectivity index (χ0n) is 14.5. The van der Waals surface area contributed by atoms with Gasteiger partial charge in [-0.2, -0.15) is 0 Å². The molecule has 0 aliphatic heterocycles. The summed E-state index contributed by atoms with van der Waals surface area (Å²) < 4.78 is 11.0. The molecule has 24 heavy (non-hydrogen) atoms. The Morgan fingerprint density at radius 3 is 2.38 bits per heavy atom. The summed E-state index contributed by atoms with van der Waals surface area (Å²) in [5.41, 5.74) is 0.662. The summed E-state index contributed by atoms with van der Waals surface area (Å²) in [6.07, 6.45) is -0.426. The maximum Gasteiger partial charge on any atom is 0.340 e. The third kappa shape index (κ3) is 6.46. The molecule has 0 bridgehead atoms. The number of rotatable bonds is 5. The molecule has 1 aromatic rings. The third-order valence-electron chi connectivity index (χ3n) is 2.78. The van der Waals surface area contributed by atoms with Crippen molar-refractivity contribution in [3.63, 3.8) is 0 Å². The van der Waals surface area contributed by atoms with Gasteiger partial charge in [-0.25, -0.2) is 4.79 Å². The predicted molar refractivity (Wildman–Crippen MR) is 98.9 cm³/mol. The van der Waals surface area contributed by atoms with Gasteiger partial charge in [0, 0.05) is 3.57 Å². The Balaban J connectivity index is 2.95. The molecule has 132 valence electrons. The van der Waals surface area contributed by atoms with Crippen molar-refractivity contribution in [3.05, 3.63) is 26.8 Å². The lowest BCUT2D eigenvalue weighted by atomic mass is 10.1. The van der Waals surface area contributed by atoms with Crippen molar-refractivity contribution < 1.29 is 23.9 Å². The van der Waals surface area contributed by atoms with Gasteiger partial charge in [0.1, 0.15) is 12.0 Å². The van der Waals surface area contributed by atoms with Crippen LogP contribution in [0.1, 0.15) is 50.0 Å². The first-order valence-electron chi connectivity index (χ1n) is 7.52. The number of hydrogen-bond donors (Lipinski definition) is 1. The zero-order valence-corrected chi connectivity index (χ0v) is 16.6. The Hall–Kier alpha value is -1.64. The molecule has 0 saturated carbocycles. The smallest absolute Gasteiger partial charge is 0.340 e. The monoisotopic (exact) mass is 447 g/mol. The van der Waals surface area contributed by atoms with Crippen molar-refractivity contribution in [1.29, 1.82) is 0 Å². The average molecular weight is 447 g/mol. The van der Waals surface area contributed by atoms with E-state index in [0.29, 0.717) is 11.3 Å². The van der Waals surface area contributed by atoms with Gasteiger partial charge in [0.15, 0.2) is 0 Å². The molecule has 0 heterocycles. The fraction of sp³-hybridized carbons (Fsp3) is 0.471. The molecule has 1 amide bonds. The number of esters is 2. The number of nitrogens with one attached hydrogen (secondary N) is 1. The molecule has 0 atom stereocenters. The predicted octanol–water partition coefficient (Wildman–Crippen LogP) is 3.45. The molecule has 6 nitrogen and oxygen atoms in total. The minimum Gasteiger partial charge on any atom is -0.462 e. The molecule has 0 unspecified atom stereocenters. The van der Waals surface area contributed by atoms with E-state index in [1.165, 1.54) is 0 Å². The molecule has 7 heteroatoms. The first-order chi connectivity index (χ1) is 11.0. The van der Waals surface area contributed by atoms with Crippen LogP contribution in [0.5, 0.6) is 0 Å². The maximum absolute atomic E-state index is 12.1. The van der Waals surface area contributed by atoms with Gasteiger partial charge in [0.2, 0.25) is 5.91 Å². The summed E-state index contributed by atoms with van der Waals surface area (Å²) in [5.74, 6) is -1.69. The summed E-state index contributed by atoms with van der Waals surface area (Å²) in [7, 11) is 0. The molecular formula is C17H22INO5. The molecule has 0 saturated heterocycles. The normalized spacial score (nSPS) is 10.9. The number of anilines is 1. The molecule has 1 N–H and O–H groups in total. The van der Waals surface area contributed by atoms with Crippen LogP contribution in [0.25, 0.3) is 0 Å². The Morgan fingerprint density at radius 1 is 1.21 bits per heavy atom.